The maximum Gasteiger partial charge on any atom is 0.123 e. The van der Waals surface area contributed by atoms with Crippen LogP contribution in [-0.2, 0) is 0 Å². The molecule has 3 atom stereocenters. The first-order valence-corrected chi connectivity index (χ1v) is 7.41. The monoisotopic (exact) mass is 264 g/mol. The van der Waals surface area contributed by atoms with E-state index in [9.17, 15) is 4.39 Å². The Morgan fingerprint density at radius 2 is 2.00 bits per heavy atom. The normalized spacial score (nSPS) is 25.4. The lowest BCUT2D eigenvalue weighted by molar-refractivity contribution is 0.306. The second kappa shape index (κ2) is 6.38. The van der Waals surface area contributed by atoms with Crippen LogP contribution in [0.3, 0.4) is 0 Å². The summed E-state index contributed by atoms with van der Waals surface area (Å²) in [4.78, 5) is 2.44. The van der Waals surface area contributed by atoms with Crippen LogP contribution in [0.2, 0.25) is 0 Å². The van der Waals surface area contributed by atoms with Gasteiger partial charge in [0.05, 0.1) is 0 Å². The van der Waals surface area contributed by atoms with Crippen molar-refractivity contribution in [2.24, 2.45) is 5.92 Å². The summed E-state index contributed by atoms with van der Waals surface area (Å²) in [5.74, 6) is 0.506. The fourth-order valence-corrected chi connectivity index (χ4v) is 2.80. The van der Waals surface area contributed by atoms with Gasteiger partial charge in [0.1, 0.15) is 5.82 Å². The molecular formula is C16H25FN2. The molecule has 1 N–H and O–H groups in total. The van der Waals surface area contributed by atoms with Crippen molar-refractivity contribution in [2.45, 2.75) is 45.7 Å². The molecule has 1 heterocycles. The number of nitrogens with one attached hydrogen (secondary N) is 1. The van der Waals surface area contributed by atoms with Crippen LogP contribution in [0.1, 0.15) is 33.6 Å². The van der Waals surface area contributed by atoms with E-state index in [1.807, 2.05) is 12.1 Å². The summed E-state index contributed by atoms with van der Waals surface area (Å²) in [5, 5.41) is 3.67. The van der Waals surface area contributed by atoms with Crippen molar-refractivity contribution in [1.29, 1.82) is 0 Å². The third kappa shape index (κ3) is 3.27. The van der Waals surface area contributed by atoms with Gasteiger partial charge < -0.3 is 10.2 Å². The number of benzene rings is 1. The van der Waals surface area contributed by atoms with Crippen molar-refractivity contribution < 1.29 is 4.39 Å². The molecule has 0 saturated carbocycles. The SMILES string of the molecule is CCC(C)C1CN(c2ccc(F)cc2)C(CC)CN1. The average molecular weight is 264 g/mol. The molecule has 3 unspecified atom stereocenters. The highest BCUT2D eigenvalue weighted by Gasteiger charge is 2.29. The van der Waals surface area contributed by atoms with E-state index < -0.39 is 0 Å². The first-order chi connectivity index (χ1) is 9.15. The zero-order valence-electron chi connectivity index (χ0n) is 12.2. The second-order valence-corrected chi connectivity index (χ2v) is 5.59. The van der Waals surface area contributed by atoms with Gasteiger partial charge in [0, 0.05) is 30.9 Å². The van der Waals surface area contributed by atoms with Gasteiger partial charge in [-0.2, -0.15) is 0 Å². The smallest absolute Gasteiger partial charge is 0.123 e. The molecule has 2 nitrogen and oxygen atoms in total. The van der Waals surface area contributed by atoms with Crippen molar-refractivity contribution in [1.82, 2.24) is 5.32 Å². The van der Waals surface area contributed by atoms with Crippen LogP contribution in [-0.4, -0.2) is 25.2 Å². The highest BCUT2D eigenvalue weighted by molar-refractivity contribution is 5.48. The van der Waals surface area contributed by atoms with Crippen LogP contribution >= 0.6 is 0 Å². The molecule has 1 aromatic rings. The minimum Gasteiger partial charge on any atom is -0.366 e. The van der Waals surface area contributed by atoms with E-state index in [4.69, 9.17) is 0 Å². The molecule has 1 fully saturated rings. The first-order valence-electron chi connectivity index (χ1n) is 7.41. The van der Waals surface area contributed by atoms with Crippen LogP contribution in [0.15, 0.2) is 24.3 Å². The number of rotatable bonds is 4. The van der Waals surface area contributed by atoms with Crippen molar-refractivity contribution in [3.05, 3.63) is 30.1 Å². The third-order valence-corrected chi connectivity index (χ3v) is 4.41. The van der Waals surface area contributed by atoms with Crippen LogP contribution in [0.25, 0.3) is 0 Å². The van der Waals surface area contributed by atoms with Crippen molar-refractivity contribution in [3.63, 3.8) is 0 Å². The third-order valence-electron chi connectivity index (χ3n) is 4.41. The highest BCUT2D eigenvalue weighted by atomic mass is 19.1. The molecule has 0 bridgehead atoms. The molecular weight excluding hydrogens is 239 g/mol. The molecule has 0 aliphatic carbocycles. The number of nitrogens with zero attached hydrogens (tertiary/aromatic N) is 1. The summed E-state index contributed by atoms with van der Waals surface area (Å²) in [6, 6.07) is 7.95. The fourth-order valence-electron chi connectivity index (χ4n) is 2.80. The zero-order valence-corrected chi connectivity index (χ0v) is 12.2. The summed E-state index contributed by atoms with van der Waals surface area (Å²) in [6.07, 6.45) is 2.29. The maximum atomic E-state index is 13.1. The quantitative estimate of drug-likeness (QED) is 0.896. The van der Waals surface area contributed by atoms with Crippen molar-refractivity contribution in [2.75, 3.05) is 18.0 Å². The summed E-state index contributed by atoms with van der Waals surface area (Å²) in [7, 11) is 0. The second-order valence-electron chi connectivity index (χ2n) is 5.59. The summed E-state index contributed by atoms with van der Waals surface area (Å²) >= 11 is 0. The summed E-state index contributed by atoms with van der Waals surface area (Å²) < 4.78 is 13.1. The Balaban J connectivity index is 2.16. The van der Waals surface area contributed by atoms with Crippen LogP contribution < -0.4 is 10.2 Å². The average Bonchev–Trinajstić information content (AvgIpc) is 2.46. The van der Waals surface area contributed by atoms with Gasteiger partial charge in [-0.25, -0.2) is 4.39 Å². The lowest BCUT2D eigenvalue weighted by Gasteiger charge is -2.43. The highest BCUT2D eigenvalue weighted by Crippen LogP contribution is 2.24. The van der Waals surface area contributed by atoms with E-state index >= 15 is 0 Å². The molecule has 0 amide bonds. The molecule has 2 rings (SSSR count). The van der Waals surface area contributed by atoms with E-state index in [-0.39, 0.29) is 5.82 Å². The van der Waals surface area contributed by atoms with Crippen LogP contribution in [0, 0.1) is 11.7 Å². The Labute approximate surface area is 116 Å². The van der Waals surface area contributed by atoms with Gasteiger partial charge in [-0.05, 0) is 36.6 Å². The molecule has 0 aromatic heterocycles. The maximum absolute atomic E-state index is 13.1. The standard InChI is InChI=1S/C16H25FN2/c1-4-12(3)16-11-19(14(5-2)10-18-16)15-8-6-13(17)7-9-15/h6-9,12,14,16,18H,4-5,10-11H2,1-3H3. The number of anilines is 1. The van der Waals surface area contributed by atoms with Crippen molar-refractivity contribution >= 4 is 5.69 Å². The molecule has 1 saturated heterocycles. The summed E-state index contributed by atoms with van der Waals surface area (Å²) in [5.41, 5.74) is 1.14. The minimum absolute atomic E-state index is 0.162. The zero-order chi connectivity index (χ0) is 13.8. The fraction of sp³-hybridized carbons (Fsp3) is 0.625. The van der Waals surface area contributed by atoms with Crippen molar-refractivity contribution in [3.8, 4) is 0 Å². The number of halogens is 1. The molecule has 1 aliphatic heterocycles. The van der Waals surface area contributed by atoms with Gasteiger partial charge in [-0.15, -0.1) is 0 Å². The Morgan fingerprint density at radius 1 is 1.32 bits per heavy atom. The van der Waals surface area contributed by atoms with E-state index in [2.05, 4.69) is 31.0 Å². The van der Waals surface area contributed by atoms with Gasteiger partial charge in [0.25, 0.3) is 0 Å². The lowest BCUT2D eigenvalue weighted by atomic mass is 9.94. The molecule has 106 valence electrons. The largest absolute Gasteiger partial charge is 0.366 e. The van der Waals surface area contributed by atoms with E-state index in [0.29, 0.717) is 18.0 Å². The Hall–Kier alpha value is -1.09. The Morgan fingerprint density at radius 3 is 2.58 bits per heavy atom. The molecule has 1 aromatic carbocycles. The van der Waals surface area contributed by atoms with Gasteiger partial charge >= 0.3 is 0 Å². The molecule has 19 heavy (non-hydrogen) atoms. The van der Waals surface area contributed by atoms with Gasteiger partial charge in [0.15, 0.2) is 0 Å². The molecule has 0 spiro atoms. The van der Waals surface area contributed by atoms with E-state index in [0.717, 1.165) is 25.2 Å². The summed E-state index contributed by atoms with van der Waals surface area (Å²) in [6.45, 7) is 8.78. The Kier molecular flexibility index (Phi) is 4.81. The number of hydrogen-bond donors (Lipinski definition) is 1. The predicted octanol–water partition coefficient (Wildman–Crippen LogP) is 3.43. The van der Waals surface area contributed by atoms with Crippen LogP contribution in [0.4, 0.5) is 10.1 Å². The van der Waals surface area contributed by atoms with Gasteiger partial charge in [-0.1, -0.05) is 27.2 Å². The lowest BCUT2D eigenvalue weighted by Crippen LogP contribution is -2.58. The predicted molar refractivity (Wildman–Crippen MR) is 79.1 cm³/mol. The minimum atomic E-state index is -0.162. The molecule has 1 aliphatic rings. The van der Waals surface area contributed by atoms with E-state index in [1.54, 1.807) is 12.1 Å². The van der Waals surface area contributed by atoms with Gasteiger partial charge in [0.2, 0.25) is 0 Å². The van der Waals surface area contributed by atoms with Gasteiger partial charge in [-0.3, -0.25) is 0 Å². The topological polar surface area (TPSA) is 15.3 Å². The molecule has 3 heteroatoms. The van der Waals surface area contributed by atoms with E-state index in [1.165, 1.54) is 6.42 Å². The Bertz CT molecular complexity index is 390. The van der Waals surface area contributed by atoms with Crippen LogP contribution in [0.5, 0.6) is 0 Å². The number of piperazine rings is 1. The molecule has 0 radical (unpaired) electrons. The number of hydrogen-bond acceptors (Lipinski definition) is 2. The first kappa shape index (κ1) is 14.3.